The number of fused-ring (bicyclic) bond motifs is 1. The van der Waals surface area contributed by atoms with Crippen molar-refractivity contribution in [2.24, 2.45) is 56.7 Å². The third-order valence-corrected chi connectivity index (χ3v) is 18.6. The molecule has 13 amide bonds. The van der Waals surface area contributed by atoms with Crippen LogP contribution in [0.4, 0.5) is 17.1 Å². The Kier molecular flexibility index (Phi) is 41.3. The summed E-state index contributed by atoms with van der Waals surface area (Å²) in [5.74, 6) is -15.5. The Bertz CT molecular complexity index is 4070. The summed E-state index contributed by atoms with van der Waals surface area (Å²) in [5.41, 5.74) is 29.3. The Balaban J connectivity index is 1.75. The molecule has 0 fully saturated rings. The van der Waals surface area contributed by atoms with Gasteiger partial charge in [0.1, 0.15) is 71.4 Å². The number of hydrogen-bond donors (Lipinski definition) is 25. The zero-order valence-corrected chi connectivity index (χ0v) is 67.6. The van der Waals surface area contributed by atoms with Gasteiger partial charge in [0.15, 0.2) is 17.9 Å². The number of nitrogens with two attached hydrogens (primary N) is 5. The first-order valence-corrected chi connectivity index (χ1v) is 39.1. The normalized spacial score (nSPS) is 14.2. The van der Waals surface area contributed by atoms with Gasteiger partial charge in [0.2, 0.25) is 76.8 Å². The van der Waals surface area contributed by atoms with Gasteiger partial charge in [-0.05, 0) is 112 Å². The lowest BCUT2D eigenvalue weighted by atomic mass is 9.98. The number of anilines is 2. The number of nitrogens with zero attached hydrogens (tertiary/aromatic N) is 3. The lowest BCUT2D eigenvalue weighted by Crippen LogP contribution is -2.62. The first kappa shape index (κ1) is 98.1. The minimum atomic E-state index is -4.55. The molecule has 0 saturated carbocycles. The van der Waals surface area contributed by atoms with Crippen molar-refractivity contribution in [2.45, 2.75) is 191 Å². The van der Waals surface area contributed by atoms with Crippen LogP contribution < -0.4 is 113 Å². The Morgan fingerprint density at radius 2 is 0.922 bits per heavy atom. The first-order valence-electron chi connectivity index (χ1n) is 37.6. The molecule has 0 heterocycles. The van der Waals surface area contributed by atoms with Crippen molar-refractivity contribution in [3.8, 4) is 0 Å². The maximum atomic E-state index is 14.3. The zero-order valence-electron chi connectivity index (χ0n) is 66.8. The van der Waals surface area contributed by atoms with E-state index in [1.54, 1.807) is 70.2 Å². The van der Waals surface area contributed by atoms with Gasteiger partial charge in [0, 0.05) is 69.0 Å². The van der Waals surface area contributed by atoms with Gasteiger partial charge in [-0.3, -0.25) is 83.1 Å². The summed E-state index contributed by atoms with van der Waals surface area (Å²) >= 11 is 0. The Morgan fingerprint density at radius 1 is 0.474 bits per heavy atom. The number of nitrogens with one attached hydrogen (secondary N) is 18. The van der Waals surface area contributed by atoms with Crippen LogP contribution in [-0.4, -0.2) is 233 Å². The van der Waals surface area contributed by atoms with E-state index in [0.717, 1.165) is 12.6 Å². The van der Waals surface area contributed by atoms with Crippen molar-refractivity contribution < 1.29 is 80.4 Å². The second kappa shape index (κ2) is 48.9. The van der Waals surface area contributed by atoms with E-state index in [1.165, 1.54) is 39.0 Å². The quantitative estimate of drug-likeness (QED) is 0.00842. The molecule has 642 valence electrons. The van der Waals surface area contributed by atoms with Crippen molar-refractivity contribution in [1.29, 1.82) is 16.2 Å². The number of benzene rings is 3. The summed E-state index contributed by atoms with van der Waals surface area (Å²) in [7, 11) is -0.834. The fourth-order valence-corrected chi connectivity index (χ4v) is 12.1. The van der Waals surface area contributed by atoms with Gasteiger partial charge in [-0.2, -0.15) is 18.6 Å². The molecule has 44 heteroatoms. The second-order valence-corrected chi connectivity index (χ2v) is 30.0. The standard InChI is InChI=1S/C72H116N26O17S/c1-11-45(61(104)88-47(20-14-28-83-70(75)76)62(105)91-51(33-37(2)3)66(109)90-50(59(74)102)35-56(101)82-32-31-81-46-19-12-18-44-43(46)17-13-23-54(44)116(113,114)115)87-67(110)53(36-99)93-60(103)40(8)86-65(108)52(34-55(73)100)92-68(111)57(38(4)5)95-69(112)58(39(6)7)94-63(106)48(21-15-29-84-71(77)78)89-64(107)49(22-16-30-85-72(79)80)97-96-41-24-26-42(27-25-41)98(9)10/h12-13,17-19,23-27,37-40,45,47-53,57-58,81,99H,11,14-16,20-22,28-36H2,1-10H3,(H2,73,100)(H2,74,102)(H,82,101)(H,86,108)(H,87,110)(H,88,104)(H,89,107)(H,90,109)(H,91,105)(H,92,111)(H,93,103)(H,94,106)(H,95,112)(H4,75,76,83)(H4,77,78,84)(H4,79,80,85)(H,113,114,115)/t40-,45-,47-,48-,49-,50-,51-,52-,53-,57-,58-/m0/s1. The Labute approximate surface area is 672 Å². The van der Waals surface area contributed by atoms with Gasteiger partial charge >= 0.3 is 0 Å². The molecule has 116 heavy (non-hydrogen) atoms. The minimum Gasteiger partial charge on any atom is -0.394 e. The van der Waals surface area contributed by atoms with Crippen molar-refractivity contribution in [3.05, 3.63) is 60.7 Å². The summed E-state index contributed by atoms with van der Waals surface area (Å²) in [6, 6.07) is -0.556. The molecule has 43 nitrogen and oxygen atoms in total. The van der Waals surface area contributed by atoms with Crippen LogP contribution in [0.1, 0.15) is 120 Å². The van der Waals surface area contributed by atoms with E-state index < -0.39 is 191 Å². The SMILES string of the molecule is CC[C@H](NC(=O)[C@H](CO)NC(=O)[C@H](C)NC(=O)[C@H](CC(N)=O)NC(=O)[C@@H](NC(=O)[C@@H](NC(=O)[C@H](CCCNC(=N)N)NC(=O)[C@H](CCCNC(=N)N)N=Nc1ccc(N(C)C)cc1)C(C)C)C(C)C)C(=O)N[C@@H](CCCNC(=N)N)C(=O)N[C@@H](CC(C)C)C(=O)N[C@@H](CC(=O)NCCNc1cccc2c(S(=O)(=O)O)cccc12)C(N)=O. The molecule has 30 N–H and O–H groups in total. The molecule has 0 radical (unpaired) electrons. The predicted octanol–water partition coefficient (Wildman–Crippen LogP) is -4.00. The number of rotatable bonds is 51. The second-order valence-electron chi connectivity index (χ2n) is 28.6. The van der Waals surface area contributed by atoms with Crippen LogP contribution in [0.5, 0.6) is 0 Å². The number of hydrogen-bond acceptors (Lipinski definition) is 23. The number of amides is 13. The largest absolute Gasteiger partial charge is 0.394 e. The summed E-state index contributed by atoms with van der Waals surface area (Å²) in [5, 5.41) is 80.8. The third-order valence-electron chi connectivity index (χ3n) is 17.6. The number of azo groups is 1. The van der Waals surface area contributed by atoms with E-state index in [1.807, 2.05) is 19.0 Å². The topological polar surface area (TPSA) is 707 Å². The lowest BCUT2D eigenvalue weighted by Gasteiger charge is -2.29. The van der Waals surface area contributed by atoms with Crippen LogP contribution in [0, 0.1) is 34.0 Å². The highest BCUT2D eigenvalue weighted by Gasteiger charge is 2.38. The fraction of sp³-hybridized carbons (Fsp3) is 0.556. The van der Waals surface area contributed by atoms with E-state index >= 15 is 0 Å². The highest BCUT2D eigenvalue weighted by molar-refractivity contribution is 7.86. The van der Waals surface area contributed by atoms with Crippen LogP contribution in [0.25, 0.3) is 10.8 Å². The zero-order chi connectivity index (χ0) is 87.3. The Hall–Kier alpha value is -12.1. The molecule has 0 bridgehead atoms. The number of primary amides is 2. The molecule has 3 rings (SSSR count). The van der Waals surface area contributed by atoms with Crippen LogP contribution >= 0.6 is 0 Å². The lowest BCUT2D eigenvalue weighted by molar-refractivity contribution is -0.137. The highest BCUT2D eigenvalue weighted by atomic mass is 32.2. The maximum absolute atomic E-state index is 14.3. The number of guanidine groups is 3. The van der Waals surface area contributed by atoms with E-state index in [0.29, 0.717) is 16.8 Å². The van der Waals surface area contributed by atoms with Crippen molar-refractivity contribution in [3.63, 3.8) is 0 Å². The molecule has 0 saturated heterocycles. The molecule has 0 aromatic heterocycles. The van der Waals surface area contributed by atoms with E-state index in [4.69, 9.17) is 44.9 Å². The number of carbonyl (C=O) groups excluding carboxylic acids is 13. The molecular formula is C72H116N26O17S. The summed E-state index contributed by atoms with van der Waals surface area (Å²) in [4.78, 5) is 181. The van der Waals surface area contributed by atoms with E-state index in [2.05, 4.69) is 90.0 Å². The number of aliphatic hydroxyl groups is 1. The fourth-order valence-electron chi connectivity index (χ4n) is 11.4. The van der Waals surface area contributed by atoms with Gasteiger partial charge < -0.3 is 118 Å². The van der Waals surface area contributed by atoms with Crippen LogP contribution in [-0.2, 0) is 72.4 Å². The highest BCUT2D eigenvalue weighted by Crippen LogP contribution is 2.29. The summed E-state index contributed by atoms with van der Waals surface area (Å²) in [6.45, 7) is 11.6. The van der Waals surface area contributed by atoms with Gasteiger partial charge in [-0.1, -0.05) is 72.7 Å². The molecule has 3 aromatic carbocycles. The molecule has 0 aliphatic rings. The average molecular weight is 1650 g/mol. The van der Waals surface area contributed by atoms with Gasteiger partial charge in [0.25, 0.3) is 10.1 Å². The maximum Gasteiger partial charge on any atom is 0.295 e. The van der Waals surface area contributed by atoms with Crippen molar-refractivity contribution in [1.82, 2.24) is 74.4 Å². The predicted molar refractivity (Wildman–Crippen MR) is 431 cm³/mol. The van der Waals surface area contributed by atoms with Crippen molar-refractivity contribution in [2.75, 3.05) is 63.6 Å². The third kappa shape index (κ3) is 34.7. The summed E-state index contributed by atoms with van der Waals surface area (Å²) in [6.07, 6.45) is -1.32. The number of aliphatic hydroxyl groups excluding tert-OH is 1. The smallest absolute Gasteiger partial charge is 0.295 e. The first-order chi connectivity index (χ1) is 54.5. The summed E-state index contributed by atoms with van der Waals surface area (Å²) < 4.78 is 33.7. The van der Waals surface area contributed by atoms with Gasteiger partial charge in [-0.25, -0.2) is 0 Å². The minimum absolute atomic E-state index is 0.0222. The molecule has 3 aromatic rings. The monoisotopic (exact) mass is 1650 g/mol. The van der Waals surface area contributed by atoms with E-state index in [9.17, 15) is 80.4 Å². The molecular weight excluding hydrogens is 1530 g/mol. The number of carbonyl (C=O) groups is 13. The molecule has 0 unspecified atom stereocenters. The van der Waals surface area contributed by atoms with Crippen LogP contribution in [0.3, 0.4) is 0 Å². The van der Waals surface area contributed by atoms with Crippen molar-refractivity contribution >= 4 is 133 Å². The van der Waals surface area contributed by atoms with Gasteiger partial charge in [-0.15, -0.1) is 0 Å². The molecule has 0 spiro atoms. The van der Waals surface area contributed by atoms with E-state index in [-0.39, 0.29) is 112 Å². The van der Waals surface area contributed by atoms with Crippen LogP contribution in [0.2, 0.25) is 0 Å². The molecule has 0 aliphatic heterocycles. The van der Waals surface area contributed by atoms with Gasteiger partial charge in [0.05, 0.1) is 25.1 Å². The Morgan fingerprint density at radius 3 is 1.43 bits per heavy atom. The average Bonchev–Trinajstić information content (AvgIpc) is 0.789. The van der Waals surface area contributed by atoms with Crippen LogP contribution in [0.15, 0.2) is 75.8 Å². The molecule has 11 atom stereocenters. The molecule has 0 aliphatic carbocycles.